The van der Waals surface area contributed by atoms with Crippen LogP contribution < -0.4 is 0 Å². The first-order valence-corrected chi connectivity index (χ1v) is 10.2. The van der Waals surface area contributed by atoms with Crippen LogP contribution in [0.4, 0.5) is 4.39 Å². The second kappa shape index (κ2) is 9.99. The number of halogens is 2. The first kappa shape index (κ1) is 21.5. The maximum Gasteiger partial charge on any atom is 0.310 e. The van der Waals surface area contributed by atoms with Gasteiger partial charge in [0.2, 0.25) is 0 Å². The number of hydrogen-bond donors (Lipinski definition) is 0. The summed E-state index contributed by atoms with van der Waals surface area (Å²) < 4.78 is 18.0. The minimum Gasteiger partial charge on any atom is -0.469 e. The molecule has 1 fully saturated rings. The Labute approximate surface area is 175 Å². The van der Waals surface area contributed by atoms with Crippen LogP contribution in [-0.2, 0) is 9.53 Å². The van der Waals surface area contributed by atoms with E-state index in [1.54, 1.807) is 0 Å². The number of esters is 1. The van der Waals surface area contributed by atoms with Gasteiger partial charge in [-0.05, 0) is 73.8 Å². The molecule has 0 aliphatic carbocycles. The van der Waals surface area contributed by atoms with E-state index in [9.17, 15) is 14.0 Å². The van der Waals surface area contributed by atoms with E-state index in [1.807, 2.05) is 24.3 Å². The lowest BCUT2D eigenvalue weighted by Gasteiger charge is -2.37. The normalized spacial score (nSPS) is 19.7. The van der Waals surface area contributed by atoms with E-state index in [2.05, 4.69) is 4.90 Å². The molecule has 0 radical (unpaired) electrons. The number of carbonyl (C=O) groups excluding carboxylic acids is 2. The van der Waals surface area contributed by atoms with Crippen LogP contribution >= 0.6 is 11.6 Å². The average Bonchev–Trinajstić information content (AvgIpc) is 2.74. The summed E-state index contributed by atoms with van der Waals surface area (Å²) in [5, 5.41) is 0.673. The summed E-state index contributed by atoms with van der Waals surface area (Å²) >= 11 is 5.99. The number of Topliss-reactive ketones (excluding diaryl/α,β-unsaturated/α-hetero) is 1. The van der Waals surface area contributed by atoms with E-state index in [0.29, 0.717) is 30.0 Å². The van der Waals surface area contributed by atoms with Gasteiger partial charge in [-0.15, -0.1) is 0 Å². The third kappa shape index (κ3) is 5.64. The molecule has 1 aliphatic heterocycles. The molecular formula is C23H25ClFNO3. The highest BCUT2D eigenvalue weighted by atomic mass is 35.5. The number of rotatable bonds is 7. The van der Waals surface area contributed by atoms with E-state index in [0.717, 1.165) is 25.1 Å². The van der Waals surface area contributed by atoms with E-state index in [4.69, 9.17) is 16.3 Å². The summed E-state index contributed by atoms with van der Waals surface area (Å²) in [6, 6.07) is 13.3. The Bertz CT molecular complexity index is 838. The van der Waals surface area contributed by atoms with Crippen LogP contribution in [0.2, 0.25) is 5.02 Å². The molecule has 1 aliphatic rings. The molecule has 0 N–H and O–H groups in total. The van der Waals surface area contributed by atoms with Crippen LogP contribution in [0.25, 0.3) is 0 Å². The van der Waals surface area contributed by atoms with Crippen LogP contribution in [0.5, 0.6) is 0 Å². The van der Waals surface area contributed by atoms with Gasteiger partial charge in [0.1, 0.15) is 5.82 Å². The van der Waals surface area contributed by atoms with Gasteiger partial charge < -0.3 is 9.64 Å². The second-order valence-corrected chi connectivity index (χ2v) is 7.85. The van der Waals surface area contributed by atoms with Gasteiger partial charge in [0.15, 0.2) is 5.78 Å². The quantitative estimate of drug-likeness (QED) is 0.483. The maximum atomic E-state index is 13.0. The monoisotopic (exact) mass is 417 g/mol. The van der Waals surface area contributed by atoms with Crippen molar-refractivity contribution in [3.05, 3.63) is 70.5 Å². The zero-order valence-corrected chi connectivity index (χ0v) is 17.2. The Morgan fingerprint density at radius 3 is 2.48 bits per heavy atom. The lowest BCUT2D eigenvalue weighted by atomic mass is 9.80. The smallest absolute Gasteiger partial charge is 0.310 e. The first-order valence-electron chi connectivity index (χ1n) is 9.82. The highest BCUT2D eigenvalue weighted by molar-refractivity contribution is 6.30. The largest absolute Gasteiger partial charge is 0.469 e. The number of likely N-dealkylation sites (tertiary alicyclic amines) is 1. The molecule has 6 heteroatoms. The van der Waals surface area contributed by atoms with Gasteiger partial charge >= 0.3 is 5.97 Å². The van der Waals surface area contributed by atoms with Gasteiger partial charge in [-0.3, -0.25) is 9.59 Å². The molecule has 0 amide bonds. The Morgan fingerprint density at radius 2 is 1.83 bits per heavy atom. The molecule has 1 saturated heterocycles. The van der Waals surface area contributed by atoms with E-state index >= 15 is 0 Å². The Hall–Kier alpha value is -2.24. The summed E-state index contributed by atoms with van der Waals surface area (Å²) in [5.74, 6) is -0.707. The number of benzene rings is 2. The Morgan fingerprint density at radius 1 is 1.14 bits per heavy atom. The highest BCUT2D eigenvalue weighted by Crippen LogP contribution is 2.34. The van der Waals surface area contributed by atoms with Gasteiger partial charge in [-0.25, -0.2) is 4.39 Å². The molecule has 0 spiro atoms. The molecule has 2 aromatic carbocycles. The fourth-order valence-corrected chi connectivity index (χ4v) is 4.09. The maximum absolute atomic E-state index is 13.0. The molecule has 29 heavy (non-hydrogen) atoms. The van der Waals surface area contributed by atoms with Gasteiger partial charge in [-0.2, -0.15) is 0 Å². The third-order valence-corrected chi connectivity index (χ3v) is 5.80. The predicted molar refractivity (Wildman–Crippen MR) is 111 cm³/mol. The van der Waals surface area contributed by atoms with Crippen molar-refractivity contribution >= 4 is 23.4 Å². The van der Waals surface area contributed by atoms with Crippen molar-refractivity contribution in [2.45, 2.75) is 25.2 Å². The molecule has 4 nitrogen and oxygen atoms in total. The van der Waals surface area contributed by atoms with Crippen molar-refractivity contribution < 1.29 is 18.7 Å². The van der Waals surface area contributed by atoms with Crippen LogP contribution in [-0.4, -0.2) is 43.4 Å². The molecule has 0 saturated carbocycles. The number of ketones is 1. The number of carbonyl (C=O) groups is 2. The summed E-state index contributed by atoms with van der Waals surface area (Å²) in [6.45, 7) is 2.18. The minimum atomic E-state index is -0.348. The number of nitrogens with zero attached hydrogens (tertiary/aromatic N) is 1. The predicted octanol–water partition coefficient (Wildman–Crippen LogP) is 4.72. The average molecular weight is 418 g/mol. The molecule has 154 valence electrons. The molecule has 1 heterocycles. The summed E-state index contributed by atoms with van der Waals surface area (Å²) in [5.41, 5.74) is 1.62. The standard InChI is InChI=1S/C23H25ClFNO3/c1-29-23(28)21-15-26(14-12-20(21)16-4-8-18(24)9-5-16)13-2-3-22(27)17-6-10-19(25)11-7-17/h4-11,20-21H,2-3,12-15H2,1H3/t20-,21-/m1/s1. The summed E-state index contributed by atoms with van der Waals surface area (Å²) in [4.78, 5) is 26.9. The fourth-order valence-electron chi connectivity index (χ4n) is 3.97. The number of methoxy groups -OCH3 is 1. The SMILES string of the molecule is COC(=O)[C@@H]1CN(CCCC(=O)c2ccc(F)cc2)CC[C@@H]1c1ccc(Cl)cc1. The highest BCUT2D eigenvalue weighted by Gasteiger charge is 2.35. The van der Waals surface area contributed by atoms with Crippen LogP contribution in [0.3, 0.4) is 0 Å². The molecule has 2 aromatic rings. The summed E-state index contributed by atoms with van der Waals surface area (Å²) in [6.07, 6.45) is 1.93. The van der Waals surface area contributed by atoms with Crippen molar-refractivity contribution in [1.82, 2.24) is 4.90 Å². The van der Waals surface area contributed by atoms with Crippen LogP contribution in [0, 0.1) is 11.7 Å². The molecule has 0 bridgehead atoms. The minimum absolute atomic E-state index is 0.00516. The van der Waals surface area contributed by atoms with Gasteiger partial charge in [-0.1, -0.05) is 23.7 Å². The van der Waals surface area contributed by atoms with Gasteiger partial charge in [0.05, 0.1) is 13.0 Å². The summed E-state index contributed by atoms with van der Waals surface area (Å²) in [7, 11) is 1.42. The number of piperidine rings is 1. The molecule has 3 rings (SSSR count). The van der Waals surface area contributed by atoms with Crippen molar-refractivity contribution in [2.75, 3.05) is 26.7 Å². The van der Waals surface area contributed by atoms with Crippen molar-refractivity contribution in [1.29, 1.82) is 0 Å². The lowest BCUT2D eigenvalue weighted by molar-refractivity contribution is -0.148. The van der Waals surface area contributed by atoms with E-state index in [1.165, 1.54) is 31.4 Å². The lowest BCUT2D eigenvalue weighted by Crippen LogP contribution is -2.43. The first-order chi connectivity index (χ1) is 14.0. The zero-order chi connectivity index (χ0) is 20.8. The third-order valence-electron chi connectivity index (χ3n) is 5.54. The number of ether oxygens (including phenoxy) is 1. The number of hydrogen-bond acceptors (Lipinski definition) is 4. The zero-order valence-electron chi connectivity index (χ0n) is 16.4. The second-order valence-electron chi connectivity index (χ2n) is 7.41. The molecule has 0 aromatic heterocycles. The topological polar surface area (TPSA) is 46.6 Å². The van der Waals surface area contributed by atoms with E-state index in [-0.39, 0.29) is 29.4 Å². The Balaban J connectivity index is 1.56. The Kier molecular flexibility index (Phi) is 7.40. The van der Waals surface area contributed by atoms with Crippen LogP contribution in [0.1, 0.15) is 41.1 Å². The fraction of sp³-hybridized carbons (Fsp3) is 0.391. The van der Waals surface area contributed by atoms with E-state index < -0.39 is 0 Å². The van der Waals surface area contributed by atoms with Crippen LogP contribution in [0.15, 0.2) is 48.5 Å². The molecule has 2 atom stereocenters. The van der Waals surface area contributed by atoms with Crippen molar-refractivity contribution in [3.63, 3.8) is 0 Å². The van der Waals surface area contributed by atoms with Crippen molar-refractivity contribution in [2.24, 2.45) is 5.92 Å². The van der Waals surface area contributed by atoms with Gasteiger partial charge in [0.25, 0.3) is 0 Å². The molecule has 0 unspecified atom stereocenters. The molecular weight excluding hydrogens is 393 g/mol. The van der Waals surface area contributed by atoms with Gasteiger partial charge in [0, 0.05) is 23.6 Å². The van der Waals surface area contributed by atoms with Crippen molar-refractivity contribution in [3.8, 4) is 0 Å².